The molecule has 1 aromatic heterocycles. The van der Waals surface area contributed by atoms with Gasteiger partial charge in [-0.1, -0.05) is 6.92 Å². The van der Waals surface area contributed by atoms with Crippen molar-refractivity contribution in [3.63, 3.8) is 0 Å². The highest BCUT2D eigenvalue weighted by Gasteiger charge is 2.30. The third-order valence-corrected chi connectivity index (χ3v) is 5.43. The Kier molecular flexibility index (Phi) is 2.17. The number of likely N-dealkylation sites (N-methyl/N-ethyl adjacent to an activating group) is 1. The lowest BCUT2D eigenvalue weighted by molar-refractivity contribution is 0.420. The fourth-order valence-electron chi connectivity index (χ4n) is 1.55. The van der Waals surface area contributed by atoms with Gasteiger partial charge in [-0.15, -0.1) is 11.3 Å². The Morgan fingerprint density at radius 2 is 2.38 bits per heavy atom. The Morgan fingerprint density at radius 3 is 3.08 bits per heavy atom. The quantitative estimate of drug-likeness (QED) is 0.711. The van der Waals surface area contributed by atoms with Gasteiger partial charge in [-0.2, -0.15) is 4.31 Å². The molecule has 0 atom stereocenters. The summed E-state index contributed by atoms with van der Waals surface area (Å²) >= 11 is 1.53. The average Bonchev–Trinajstić information content (AvgIpc) is 2.53. The molecule has 0 saturated heterocycles. The summed E-state index contributed by atoms with van der Waals surface area (Å²) in [5.74, 6) is 0. The van der Waals surface area contributed by atoms with Gasteiger partial charge in [0, 0.05) is 18.0 Å². The molecule has 2 heterocycles. The van der Waals surface area contributed by atoms with E-state index in [1.54, 1.807) is 6.07 Å². The van der Waals surface area contributed by atoms with Crippen LogP contribution in [0.15, 0.2) is 16.3 Å². The predicted molar refractivity (Wildman–Crippen MR) is 52.5 cm³/mol. The molecular weight excluding hydrogens is 206 g/mol. The summed E-state index contributed by atoms with van der Waals surface area (Å²) in [6.07, 6.45) is 0.861. The second-order valence-corrected chi connectivity index (χ2v) is 5.86. The molecule has 3 nitrogen and oxygen atoms in total. The van der Waals surface area contributed by atoms with Crippen molar-refractivity contribution in [1.29, 1.82) is 0 Å². The monoisotopic (exact) mass is 217 g/mol. The smallest absolute Gasteiger partial charge is 0.207 e. The van der Waals surface area contributed by atoms with Crippen molar-refractivity contribution in [1.82, 2.24) is 4.31 Å². The fourth-order valence-corrected chi connectivity index (χ4v) is 4.44. The van der Waals surface area contributed by atoms with E-state index >= 15 is 0 Å². The van der Waals surface area contributed by atoms with E-state index in [0.717, 1.165) is 11.3 Å². The molecule has 5 heteroatoms. The minimum Gasteiger partial charge on any atom is -0.207 e. The Morgan fingerprint density at radius 1 is 1.62 bits per heavy atom. The highest BCUT2D eigenvalue weighted by molar-refractivity contribution is 7.89. The number of rotatable bonds is 1. The molecule has 13 heavy (non-hydrogen) atoms. The fraction of sp³-hybridized carbons (Fsp3) is 0.500. The molecule has 0 bridgehead atoms. The Hall–Kier alpha value is -0.390. The molecular formula is C8H11NO2S2. The molecule has 1 aliphatic heterocycles. The van der Waals surface area contributed by atoms with Crippen molar-refractivity contribution in [2.45, 2.75) is 18.2 Å². The number of thiophene rings is 1. The van der Waals surface area contributed by atoms with E-state index in [-0.39, 0.29) is 0 Å². The SMILES string of the molecule is CCN1CCc2sccc2S1(=O)=O. The van der Waals surface area contributed by atoms with Crippen molar-refractivity contribution < 1.29 is 8.42 Å². The van der Waals surface area contributed by atoms with Crippen molar-refractivity contribution in [3.8, 4) is 0 Å². The Balaban J connectivity index is 2.54. The third kappa shape index (κ3) is 1.31. The molecule has 0 amide bonds. The van der Waals surface area contributed by atoms with Crippen molar-refractivity contribution in [3.05, 3.63) is 16.3 Å². The van der Waals surface area contributed by atoms with Crippen LogP contribution in [0.2, 0.25) is 0 Å². The molecule has 0 aromatic carbocycles. The minimum absolute atomic E-state index is 0.519. The van der Waals surface area contributed by atoms with Gasteiger partial charge in [-0.3, -0.25) is 0 Å². The molecule has 0 spiro atoms. The van der Waals surface area contributed by atoms with Crippen molar-refractivity contribution in [2.24, 2.45) is 0 Å². The number of hydrogen-bond acceptors (Lipinski definition) is 3. The summed E-state index contributed by atoms with van der Waals surface area (Å²) in [7, 11) is -3.15. The standard InChI is InChI=1S/C8H11NO2S2/c1-2-9-5-3-7-8(4-6-12-7)13(9,10)11/h4,6H,2-3,5H2,1H3. The van der Waals surface area contributed by atoms with Gasteiger partial charge in [0.1, 0.15) is 0 Å². The van der Waals surface area contributed by atoms with E-state index in [1.165, 1.54) is 15.6 Å². The molecule has 72 valence electrons. The van der Waals surface area contributed by atoms with Gasteiger partial charge < -0.3 is 0 Å². The van der Waals surface area contributed by atoms with Crippen LogP contribution in [-0.2, 0) is 16.4 Å². The zero-order valence-corrected chi connectivity index (χ0v) is 8.99. The second-order valence-electron chi connectivity index (χ2n) is 2.95. The normalized spacial score (nSPS) is 21.3. The number of nitrogens with zero attached hydrogens (tertiary/aromatic N) is 1. The van der Waals surface area contributed by atoms with Gasteiger partial charge in [-0.05, 0) is 17.9 Å². The number of hydrogen-bond donors (Lipinski definition) is 0. The third-order valence-electron chi connectivity index (χ3n) is 2.26. The van der Waals surface area contributed by atoms with Gasteiger partial charge in [-0.25, -0.2) is 8.42 Å². The summed E-state index contributed by atoms with van der Waals surface area (Å²) < 4.78 is 25.2. The maximum absolute atomic E-state index is 11.8. The first kappa shape index (κ1) is 9.18. The maximum Gasteiger partial charge on any atom is 0.244 e. The van der Waals surface area contributed by atoms with Crippen LogP contribution in [0.25, 0.3) is 0 Å². The zero-order valence-electron chi connectivity index (χ0n) is 7.36. The van der Waals surface area contributed by atoms with E-state index in [9.17, 15) is 8.42 Å². The molecule has 1 aromatic rings. The number of sulfonamides is 1. The largest absolute Gasteiger partial charge is 0.244 e. The highest BCUT2D eigenvalue weighted by Crippen LogP contribution is 2.29. The van der Waals surface area contributed by atoms with Crippen molar-refractivity contribution >= 4 is 21.4 Å². The zero-order chi connectivity index (χ0) is 9.47. The first-order valence-corrected chi connectivity index (χ1v) is 6.54. The van der Waals surface area contributed by atoms with Gasteiger partial charge in [0.05, 0.1) is 4.90 Å². The van der Waals surface area contributed by atoms with Gasteiger partial charge in [0.2, 0.25) is 10.0 Å². The van der Waals surface area contributed by atoms with Crippen LogP contribution in [0.4, 0.5) is 0 Å². The molecule has 0 saturated carbocycles. The summed E-state index contributed by atoms with van der Waals surface area (Å²) in [5.41, 5.74) is 0. The minimum atomic E-state index is -3.15. The summed E-state index contributed by atoms with van der Waals surface area (Å²) in [4.78, 5) is 1.52. The molecule has 0 unspecified atom stereocenters. The molecule has 0 fully saturated rings. The van der Waals surface area contributed by atoms with Gasteiger partial charge in [0.25, 0.3) is 0 Å². The van der Waals surface area contributed by atoms with Gasteiger partial charge >= 0.3 is 0 Å². The van der Waals surface area contributed by atoms with Crippen LogP contribution in [0, 0.1) is 0 Å². The maximum atomic E-state index is 11.8. The lowest BCUT2D eigenvalue weighted by atomic mass is 10.3. The van der Waals surface area contributed by atoms with E-state index in [1.807, 2.05) is 12.3 Å². The summed E-state index contributed by atoms with van der Waals surface area (Å²) in [6, 6.07) is 1.71. The first-order chi connectivity index (χ1) is 6.16. The van der Waals surface area contributed by atoms with Crippen LogP contribution < -0.4 is 0 Å². The summed E-state index contributed by atoms with van der Waals surface area (Å²) in [6.45, 7) is 3.07. The average molecular weight is 217 g/mol. The van der Waals surface area contributed by atoms with E-state index in [0.29, 0.717) is 18.0 Å². The highest BCUT2D eigenvalue weighted by atomic mass is 32.2. The molecule has 0 N–H and O–H groups in total. The topological polar surface area (TPSA) is 37.4 Å². The molecule has 1 aliphatic rings. The number of fused-ring (bicyclic) bond motifs is 1. The Labute approximate surface area is 82.0 Å². The lowest BCUT2D eigenvalue weighted by Gasteiger charge is -2.24. The lowest BCUT2D eigenvalue weighted by Crippen LogP contribution is -2.36. The Bertz CT molecular complexity index is 408. The first-order valence-electron chi connectivity index (χ1n) is 4.22. The van der Waals surface area contributed by atoms with Crippen LogP contribution in [0.3, 0.4) is 0 Å². The van der Waals surface area contributed by atoms with Crippen molar-refractivity contribution in [2.75, 3.05) is 13.1 Å². The molecule has 2 rings (SSSR count). The van der Waals surface area contributed by atoms with Gasteiger partial charge in [0.15, 0.2) is 0 Å². The van der Waals surface area contributed by atoms with E-state index in [2.05, 4.69) is 0 Å². The second kappa shape index (κ2) is 3.08. The molecule has 0 radical (unpaired) electrons. The van der Waals surface area contributed by atoms with E-state index < -0.39 is 10.0 Å². The van der Waals surface area contributed by atoms with E-state index in [4.69, 9.17) is 0 Å². The van der Waals surface area contributed by atoms with Crippen LogP contribution in [-0.4, -0.2) is 25.8 Å². The molecule has 0 aliphatic carbocycles. The predicted octanol–water partition coefficient (Wildman–Crippen LogP) is 1.31. The summed E-state index contributed by atoms with van der Waals surface area (Å²) in [5, 5.41) is 1.85. The van der Waals surface area contributed by atoms with Crippen LogP contribution in [0.1, 0.15) is 11.8 Å². The van der Waals surface area contributed by atoms with Crippen LogP contribution in [0.5, 0.6) is 0 Å². The van der Waals surface area contributed by atoms with Crippen LogP contribution >= 0.6 is 11.3 Å².